The van der Waals surface area contributed by atoms with Gasteiger partial charge in [-0.25, -0.2) is 0 Å². The molecule has 0 radical (unpaired) electrons. The van der Waals surface area contributed by atoms with Gasteiger partial charge in [-0.3, -0.25) is 0 Å². The van der Waals surface area contributed by atoms with Crippen LogP contribution >= 0.6 is 0 Å². The first kappa shape index (κ1) is 14.6. The van der Waals surface area contributed by atoms with E-state index in [9.17, 15) is 0 Å². The molecule has 0 aromatic heterocycles. The standard InChI is InChI=1S/C18H28O/c1-12(2)17-11-16(15-6-8-19-9-7-15)10-14(5)18(17)13(3)4/h10-13,15H,6-9H2,1-5H3. The van der Waals surface area contributed by atoms with Gasteiger partial charge < -0.3 is 4.74 Å². The molecular formula is C18H28O. The molecule has 19 heavy (non-hydrogen) atoms. The third-order valence-corrected chi connectivity index (χ3v) is 4.33. The highest BCUT2D eigenvalue weighted by atomic mass is 16.5. The number of aryl methyl sites for hydroxylation is 1. The van der Waals surface area contributed by atoms with Crippen molar-refractivity contribution in [1.82, 2.24) is 0 Å². The molecule has 0 atom stereocenters. The minimum Gasteiger partial charge on any atom is -0.381 e. The van der Waals surface area contributed by atoms with Crippen molar-refractivity contribution in [3.05, 3.63) is 34.4 Å². The fourth-order valence-electron chi connectivity index (χ4n) is 3.39. The van der Waals surface area contributed by atoms with Crippen molar-refractivity contribution in [3.8, 4) is 0 Å². The van der Waals surface area contributed by atoms with Gasteiger partial charge in [0.1, 0.15) is 0 Å². The van der Waals surface area contributed by atoms with E-state index in [1.807, 2.05) is 0 Å². The Hall–Kier alpha value is -0.820. The van der Waals surface area contributed by atoms with Gasteiger partial charge in [-0.05, 0) is 59.8 Å². The summed E-state index contributed by atoms with van der Waals surface area (Å²) in [5.74, 6) is 1.92. The highest BCUT2D eigenvalue weighted by Crippen LogP contribution is 2.35. The lowest BCUT2D eigenvalue weighted by molar-refractivity contribution is 0.0853. The molecule has 1 aliphatic heterocycles. The molecule has 1 fully saturated rings. The van der Waals surface area contributed by atoms with Crippen molar-refractivity contribution in [1.29, 1.82) is 0 Å². The minimum atomic E-state index is 0.607. The van der Waals surface area contributed by atoms with Crippen LogP contribution < -0.4 is 0 Å². The molecule has 0 spiro atoms. The second-order valence-corrected chi connectivity index (χ2v) is 6.54. The fraction of sp³-hybridized carbons (Fsp3) is 0.667. The van der Waals surface area contributed by atoms with E-state index < -0.39 is 0 Å². The van der Waals surface area contributed by atoms with Crippen molar-refractivity contribution in [2.45, 2.75) is 65.2 Å². The summed E-state index contributed by atoms with van der Waals surface area (Å²) in [5.41, 5.74) is 6.12. The highest BCUT2D eigenvalue weighted by Gasteiger charge is 2.20. The lowest BCUT2D eigenvalue weighted by atomic mass is 9.82. The van der Waals surface area contributed by atoms with E-state index in [1.165, 1.54) is 24.0 Å². The number of ether oxygens (including phenoxy) is 1. The number of rotatable bonds is 3. The lowest BCUT2D eigenvalue weighted by Gasteiger charge is -2.26. The average molecular weight is 260 g/mol. The normalized spacial score (nSPS) is 17.4. The Morgan fingerprint density at radius 2 is 1.63 bits per heavy atom. The molecule has 106 valence electrons. The largest absolute Gasteiger partial charge is 0.381 e. The third-order valence-electron chi connectivity index (χ3n) is 4.33. The van der Waals surface area contributed by atoms with E-state index in [2.05, 4.69) is 46.8 Å². The maximum absolute atomic E-state index is 5.49. The fourth-order valence-corrected chi connectivity index (χ4v) is 3.39. The number of hydrogen-bond acceptors (Lipinski definition) is 1. The van der Waals surface area contributed by atoms with Crippen LogP contribution in [0.3, 0.4) is 0 Å². The van der Waals surface area contributed by atoms with Crippen LogP contribution in [-0.2, 0) is 4.74 Å². The number of benzene rings is 1. The lowest BCUT2D eigenvalue weighted by Crippen LogP contribution is -2.15. The Kier molecular flexibility index (Phi) is 4.67. The molecule has 1 saturated heterocycles. The molecule has 1 heteroatoms. The van der Waals surface area contributed by atoms with Crippen LogP contribution in [0.1, 0.15) is 80.5 Å². The molecular weight excluding hydrogens is 232 g/mol. The first-order valence-corrected chi connectivity index (χ1v) is 7.72. The highest BCUT2D eigenvalue weighted by molar-refractivity contribution is 5.43. The van der Waals surface area contributed by atoms with E-state index >= 15 is 0 Å². The summed E-state index contributed by atoms with van der Waals surface area (Å²) in [6.45, 7) is 13.4. The van der Waals surface area contributed by atoms with Crippen molar-refractivity contribution >= 4 is 0 Å². The molecule has 0 saturated carbocycles. The summed E-state index contributed by atoms with van der Waals surface area (Å²) in [6, 6.07) is 4.90. The molecule has 1 nitrogen and oxygen atoms in total. The van der Waals surface area contributed by atoms with Crippen LogP contribution in [0.2, 0.25) is 0 Å². The summed E-state index contributed by atoms with van der Waals surface area (Å²) in [7, 11) is 0. The predicted molar refractivity (Wildman–Crippen MR) is 82.2 cm³/mol. The zero-order valence-corrected chi connectivity index (χ0v) is 13.1. The van der Waals surface area contributed by atoms with Crippen LogP contribution in [0.4, 0.5) is 0 Å². The SMILES string of the molecule is Cc1cc(C2CCOCC2)cc(C(C)C)c1C(C)C. The molecule has 1 aliphatic rings. The first-order chi connectivity index (χ1) is 9.00. The maximum Gasteiger partial charge on any atom is 0.0471 e. The van der Waals surface area contributed by atoms with Crippen molar-refractivity contribution in [2.24, 2.45) is 0 Å². The van der Waals surface area contributed by atoms with Crippen LogP contribution in [0, 0.1) is 6.92 Å². The van der Waals surface area contributed by atoms with Gasteiger partial charge in [0.05, 0.1) is 0 Å². The zero-order valence-electron chi connectivity index (χ0n) is 13.1. The maximum atomic E-state index is 5.49. The smallest absolute Gasteiger partial charge is 0.0471 e. The predicted octanol–water partition coefficient (Wildman–Crippen LogP) is 5.14. The second-order valence-electron chi connectivity index (χ2n) is 6.54. The Bertz CT molecular complexity index is 426. The molecule has 0 N–H and O–H groups in total. The van der Waals surface area contributed by atoms with Crippen molar-refractivity contribution in [3.63, 3.8) is 0 Å². The van der Waals surface area contributed by atoms with Gasteiger partial charge in [0.15, 0.2) is 0 Å². The third kappa shape index (κ3) is 3.20. The van der Waals surface area contributed by atoms with Crippen molar-refractivity contribution in [2.75, 3.05) is 13.2 Å². The van der Waals surface area contributed by atoms with Gasteiger partial charge in [-0.2, -0.15) is 0 Å². The van der Waals surface area contributed by atoms with E-state index in [-0.39, 0.29) is 0 Å². The van der Waals surface area contributed by atoms with Gasteiger partial charge in [-0.1, -0.05) is 39.8 Å². The van der Waals surface area contributed by atoms with E-state index in [4.69, 9.17) is 4.74 Å². The molecule has 1 aromatic rings. The Morgan fingerprint density at radius 1 is 1.00 bits per heavy atom. The van der Waals surface area contributed by atoms with Gasteiger partial charge in [0.2, 0.25) is 0 Å². The van der Waals surface area contributed by atoms with E-state index in [0.717, 1.165) is 13.2 Å². The molecule has 2 rings (SSSR count). The zero-order chi connectivity index (χ0) is 14.0. The van der Waals surface area contributed by atoms with Gasteiger partial charge >= 0.3 is 0 Å². The first-order valence-electron chi connectivity index (χ1n) is 7.72. The Labute approximate surface area is 118 Å². The molecule has 1 aromatic carbocycles. The van der Waals surface area contributed by atoms with Gasteiger partial charge in [0, 0.05) is 13.2 Å². The van der Waals surface area contributed by atoms with Crippen LogP contribution in [0.15, 0.2) is 12.1 Å². The topological polar surface area (TPSA) is 9.23 Å². The van der Waals surface area contributed by atoms with Gasteiger partial charge in [0.25, 0.3) is 0 Å². The molecule has 1 heterocycles. The molecule has 0 amide bonds. The van der Waals surface area contributed by atoms with Crippen molar-refractivity contribution < 1.29 is 4.74 Å². The summed E-state index contributed by atoms with van der Waals surface area (Å²) in [5, 5.41) is 0. The summed E-state index contributed by atoms with van der Waals surface area (Å²) in [6.07, 6.45) is 2.36. The van der Waals surface area contributed by atoms with Crippen LogP contribution in [-0.4, -0.2) is 13.2 Å². The monoisotopic (exact) mass is 260 g/mol. The van der Waals surface area contributed by atoms with Crippen LogP contribution in [0.5, 0.6) is 0 Å². The molecule has 0 bridgehead atoms. The van der Waals surface area contributed by atoms with E-state index in [0.29, 0.717) is 17.8 Å². The molecule has 0 aliphatic carbocycles. The Morgan fingerprint density at radius 3 is 2.16 bits per heavy atom. The molecule has 0 unspecified atom stereocenters. The number of hydrogen-bond donors (Lipinski definition) is 0. The second kappa shape index (κ2) is 6.09. The average Bonchev–Trinajstić information content (AvgIpc) is 2.38. The van der Waals surface area contributed by atoms with Gasteiger partial charge in [-0.15, -0.1) is 0 Å². The van der Waals surface area contributed by atoms with Crippen LogP contribution in [0.25, 0.3) is 0 Å². The Balaban J connectivity index is 2.41. The minimum absolute atomic E-state index is 0.607. The summed E-state index contributed by atoms with van der Waals surface area (Å²) >= 11 is 0. The quantitative estimate of drug-likeness (QED) is 0.731. The summed E-state index contributed by atoms with van der Waals surface area (Å²) < 4.78 is 5.49. The van der Waals surface area contributed by atoms with E-state index in [1.54, 1.807) is 11.1 Å². The summed E-state index contributed by atoms with van der Waals surface area (Å²) in [4.78, 5) is 0.